The predicted octanol–water partition coefficient (Wildman–Crippen LogP) is 6.39. The molecule has 0 heterocycles. The number of hydrogen-bond donors (Lipinski definition) is 2. The fourth-order valence-corrected chi connectivity index (χ4v) is 5.41. The molecule has 1 aliphatic rings. The van der Waals surface area contributed by atoms with Gasteiger partial charge >= 0.3 is 0 Å². The number of rotatable bonds is 13. The number of aryl methyl sites for hydroxylation is 2. The van der Waals surface area contributed by atoms with Crippen LogP contribution in [0.1, 0.15) is 46.6 Å². The zero-order chi connectivity index (χ0) is 26.9. The van der Waals surface area contributed by atoms with Crippen LogP contribution in [-0.4, -0.2) is 50.9 Å². The monoisotopic (exact) mass is 514 g/mol. The summed E-state index contributed by atoms with van der Waals surface area (Å²) >= 11 is 0. The van der Waals surface area contributed by atoms with Crippen molar-refractivity contribution in [2.24, 2.45) is 0 Å². The molecule has 38 heavy (non-hydrogen) atoms. The van der Waals surface area contributed by atoms with Crippen molar-refractivity contribution >= 4 is 5.69 Å². The topological polar surface area (TPSA) is 54.0 Å². The average molecular weight is 515 g/mol. The minimum Gasteiger partial charge on any atom is -0.508 e. The molecule has 0 aromatic heterocycles. The first-order valence-electron chi connectivity index (χ1n) is 13.7. The number of fused-ring (bicyclic) bond motifs is 1. The fraction of sp³-hybridized carbons (Fsp3) is 0.394. The molecule has 3 aromatic rings. The number of anilines is 1. The summed E-state index contributed by atoms with van der Waals surface area (Å²) < 4.78 is 11.3. The predicted molar refractivity (Wildman–Crippen MR) is 157 cm³/mol. The Hall–Kier alpha value is -3.44. The van der Waals surface area contributed by atoms with Crippen LogP contribution in [0.4, 0.5) is 5.69 Å². The van der Waals surface area contributed by atoms with Gasteiger partial charge in [-0.3, -0.25) is 0 Å². The van der Waals surface area contributed by atoms with E-state index in [2.05, 4.69) is 66.3 Å². The average Bonchev–Trinajstić information content (AvgIpc) is 2.94. The third-order valence-electron chi connectivity index (χ3n) is 7.62. The maximum absolute atomic E-state index is 9.87. The van der Waals surface area contributed by atoms with E-state index in [1.165, 1.54) is 27.8 Å². The maximum Gasteiger partial charge on any atom is 0.162 e. The lowest BCUT2D eigenvalue weighted by molar-refractivity contribution is 0.354. The van der Waals surface area contributed by atoms with Gasteiger partial charge in [0.05, 0.1) is 14.2 Å². The van der Waals surface area contributed by atoms with Crippen molar-refractivity contribution < 1.29 is 14.6 Å². The lowest BCUT2D eigenvalue weighted by Crippen LogP contribution is -2.20. The second kappa shape index (κ2) is 13.4. The van der Waals surface area contributed by atoms with Gasteiger partial charge in [0.15, 0.2) is 11.5 Å². The van der Waals surface area contributed by atoms with E-state index in [9.17, 15) is 5.11 Å². The molecule has 0 radical (unpaired) electrons. The van der Waals surface area contributed by atoms with Crippen molar-refractivity contribution in [3.63, 3.8) is 0 Å². The third kappa shape index (κ3) is 7.11. The van der Waals surface area contributed by atoms with Crippen molar-refractivity contribution in [3.05, 3.63) is 95.1 Å². The van der Waals surface area contributed by atoms with Gasteiger partial charge in [0.25, 0.3) is 0 Å². The number of likely N-dealkylation sites (N-methyl/N-ethyl adjacent to an activating group) is 1. The standard InChI is InChI=1S/C33H42N2O3/c1-5-18-35(2)19-16-25-10-8-24(9-11-25)7-6-17-34-31-23-33(38-4)32(37-3)22-30(31)28-13-12-27-21-29(36)15-14-26(27)20-28/h5,8-11,14-15,21-23,28,34,36H,1,6-7,12-13,16-20H2,2-4H3/t28-/m1/s1. The third-order valence-corrected chi connectivity index (χ3v) is 7.62. The van der Waals surface area contributed by atoms with Crippen molar-refractivity contribution in [1.29, 1.82) is 0 Å². The van der Waals surface area contributed by atoms with Gasteiger partial charge in [-0.25, -0.2) is 0 Å². The summed E-state index contributed by atoms with van der Waals surface area (Å²) in [6.45, 7) is 6.66. The van der Waals surface area contributed by atoms with Crippen LogP contribution in [0.2, 0.25) is 0 Å². The van der Waals surface area contributed by atoms with E-state index in [4.69, 9.17) is 9.47 Å². The first-order chi connectivity index (χ1) is 18.5. The highest BCUT2D eigenvalue weighted by atomic mass is 16.5. The summed E-state index contributed by atoms with van der Waals surface area (Å²) in [5, 5.41) is 13.6. The summed E-state index contributed by atoms with van der Waals surface area (Å²) in [5.74, 6) is 2.24. The number of nitrogens with zero attached hydrogens (tertiary/aromatic N) is 1. The fourth-order valence-electron chi connectivity index (χ4n) is 5.41. The van der Waals surface area contributed by atoms with E-state index in [0.29, 0.717) is 11.7 Å². The molecule has 0 fully saturated rings. The van der Waals surface area contributed by atoms with Gasteiger partial charge in [-0.1, -0.05) is 36.4 Å². The van der Waals surface area contributed by atoms with Crippen molar-refractivity contribution in [1.82, 2.24) is 4.90 Å². The van der Waals surface area contributed by atoms with E-state index < -0.39 is 0 Å². The highest BCUT2D eigenvalue weighted by Crippen LogP contribution is 2.42. The van der Waals surface area contributed by atoms with Crippen LogP contribution in [0.5, 0.6) is 17.2 Å². The van der Waals surface area contributed by atoms with Crippen LogP contribution in [0, 0.1) is 0 Å². The number of phenols is 1. The Morgan fingerprint density at radius 3 is 2.39 bits per heavy atom. The molecule has 1 aliphatic carbocycles. The number of phenolic OH excluding ortho intramolecular Hbond substituents is 1. The Labute approximate surface area is 228 Å². The van der Waals surface area contributed by atoms with Crippen LogP contribution in [0.25, 0.3) is 0 Å². The molecule has 5 nitrogen and oxygen atoms in total. The Morgan fingerprint density at radius 2 is 1.68 bits per heavy atom. The second-order valence-electron chi connectivity index (χ2n) is 10.3. The molecule has 0 spiro atoms. The number of hydrogen-bond acceptors (Lipinski definition) is 5. The molecule has 0 bridgehead atoms. The van der Waals surface area contributed by atoms with Gasteiger partial charge < -0.3 is 24.8 Å². The van der Waals surface area contributed by atoms with E-state index in [1.807, 2.05) is 12.1 Å². The molecular weight excluding hydrogens is 472 g/mol. The highest BCUT2D eigenvalue weighted by Gasteiger charge is 2.24. The van der Waals surface area contributed by atoms with Gasteiger partial charge in [-0.05, 0) is 97.5 Å². The molecule has 0 saturated heterocycles. The van der Waals surface area contributed by atoms with E-state index >= 15 is 0 Å². The Morgan fingerprint density at radius 1 is 0.974 bits per heavy atom. The van der Waals surface area contributed by atoms with Gasteiger partial charge in [-0.2, -0.15) is 0 Å². The minimum absolute atomic E-state index is 0.349. The first kappa shape index (κ1) is 27.6. The SMILES string of the molecule is C=CCN(C)CCc1ccc(CCCNc2cc(OC)c(OC)cc2[C@@H]2CCc3cc(O)ccc3C2)cc1. The van der Waals surface area contributed by atoms with Crippen LogP contribution in [0.15, 0.2) is 67.3 Å². The number of aromatic hydroxyl groups is 1. The van der Waals surface area contributed by atoms with Gasteiger partial charge in [-0.15, -0.1) is 6.58 Å². The Kier molecular flexibility index (Phi) is 9.72. The molecular formula is C33H42N2O3. The van der Waals surface area contributed by atoms with E-state index in [-0.39, 0.29) is 0 Å². The second-order valence-corrected chi connectivity index (χ2v) is 10.3. The smallest absolute Gasteiger partial charge is 0.162 e. The Bertz CT molecular complexity index is 1210. The highest BCUT2D eigenvalue weighted by molar-refractivity contribution is 5.62. The molecule has 1 atom stereocenters. The van der Waals surface area contributed by atoms with Crippen molar-refractivity contribution in [2.75, 3.05) is 46.2 Å². The summed E-state index contributed by atoms with van der Waals surface area (Å²) in [6.07, 6.45) is 8.03. The number of nitrogens with one attached hydrogen (secondary N) is 1. The minimum atomic E-state index is 0.349. The van der Waals surface area contributed by atoms with Gasteiger partial charge in [0.1, 0.15) is 5.75 Å². The van der Waals surface area contributed by atoms with Crippen LogP contribution >= 0.6 is 0 Å². The summed E-state index contributed by atoms with van der Waals surface area (Å²) in [6, 6.07) is 19.0. The van der Waals surface area contributed by atoms with Crippen LogP contribution in [0.3, 0.4) is 0 Å². The number of benzene rings is 3. The first-order valence-corrected chi connectivity index (χ1v) is 13.7. The van der Waals surface area contributed by atoms with Crippen LogP contribution in [-0.2, 0) is 25.7 Å². The molecule has 2 N–H and O–H groups in total. The van der Waals surface area contributed by atoms with Crippen LogP contribution < -0.4 is 14.8 Å². The zero-order valence-corrected chi connectivity index (χ0v) is 23.1. The molecule has 0 unspecified atom stereocenters. The summed E-state index contributed by atoms with van der Waals surface area (Å²) in [5.41, 5.74) is 7.71. The molecule has 4 rings (SSSR count). The van der Waals surface area contributed by atoms with E-state index in [1.54, 1.807) is 20.3 Å². The van der Waals surface area contributed by atoms with Gasteiger partial charge in [0, 0.05) is 31.4 Å². The summed E-state index contributed by atoms with van der Waals surface area (Å²) in [4.78, 5) is 2.28. The van der Waals surface area contributed by atoms with Crippen molar-refractivity contribution in [2.45, 2.75) is 44.4 Å². The lowest BCUT2D eigenvalue weighted by atomic mass is 9.79. The normalized spacial score (nSPS) is 14.7. The van der Waals surface area contributed by atoms with Gasteiger partial charge in [0.2, 0.25) is 0 Å². The molecule has 0 saturated carbocycles. The molecule has 3 aromatic carbocycles. The van der Waals surface area contributed by atoms with E-state index in [0.717, 1.165) is 75.3 Å². The Balaban J connectivity index is 1.38. The zero-order valence-electron chi connectivity index (χ0n) is 23.1. The molecule has 0 amide bonds. The molecule has 0 aliphatic heterocycles. The lowest BCUT2D eigenvalue weighted by Gasteiger charge is -2.28. The quantitative estimate of drug-likeness (QED) is 0.205. The summed E-state index contributed by atoms with van der Waals surface area (Å²) in [7, 11) is 5.51. The van der Waals surface area contributed by atoms with Crippen molar-refractivity contribution in [3.8, 4) is 17.2 Å². The number of ether oxygens (including phenoxy) is 2. The maximum atomic E-state index is 9.87. The number of methoxy groups -OCH3 is 2. The molecule has 202 valence electrons. The largest absolute Gasteiger partial charge is 0.508 e. The molecule has 5 heteroatoms.